The zero-order valence-electron chi connectivity index (χ0n) is 21.6. The second kappa shape index (κ2) is 12.5. The molecule has 0 aliphatic heterocycles. The van der Waals surface area contributed by atoms with Crippen LogP contribution in [-0.2, 0) is 27.9 Å². The smallest absolute Gasteiger partial charge is 0.341 e. The van der Waals surface area contributed by atoms with Gasteiger partial charge in [-0.1, -0.05) is 72.8 Å². The van der Waals surface area contributed by atoms with Crippen molar-refractivity contribution in [2.24, 2.45) is 0 Å². The van der Waals surface area contributed by atoms with Gasteiger partial charge >= 0.3 is 11.9 Å². The molecule has 0 aromatic heterocycles. The van der Waals surface area contributed by atoms with Crippen molar-refractivity contribution < 1.29 is 37.7 Å². The Labute approximate surface area is 231 Å². The van der Waals surface area contributed by atoms with E-state index in [-0.39, 0.29) is 35.0 Å². The highest BCUT2D eigenvalue weighted by molar-refractivity contribution is 7.89. The van der Waals surface area contributed by atoms with Crippen LogP contribution in [0.15, 0.2) is 102 Å². The first-order valence-corrected chi connectivity index (χ1v) is 13.6. The summed E-state index contributed by atoms with van der Waals surface area (Å²) in [6.45, 7) is -0.918. The van der Waals surface area contributed by atoms with Gasteiger partial charge in [0.1, 0.15) is 22.0 Å². The van der Waals surface area contributed by atoms with E-state index >= 15 is 0 Å². The third kappa shape index (κ3) is 6.48. The molecule has 0 unspecified atom stereocenters. The first-order valence-electron chi connectivity index (χ1n) is 12.2. The predicted octanol–water partition coefficient (Wildman–Crippen LogP) is 4.91. The molecule has 9 nitrogen and oxygen atoms in total. The van der Waals surface area contributed by atoms with Crippen molar-refractivity contribution in [3.8, 4) is 22.6 Å². The Balaban J connectivity index is 1.79. The third-order valence-electron chi connectivity index (χ3n) is 6.12. The van der Waals surface area contributed by atoms with Crippen LogP contribution >= 0.6 is 0 Å². The average molecular weight is 562 g/mol. The first kappa shape index (κ1) is 28.3. The Bertz CT molecular complexity index is 1620. The molecule has 0 aliphatic carbocycles. The highest BCUT2D eigenvalue weighted by Crippen LogP contribution is 2.32. The van der Waals surface area contributed by atoms with Crippen molar-refractivity contribution in [1.82, 2.24) is 4.31 Å². The quantitative estimate of drug-likeness (QED) is 0.249. The number of ether oxygens (including phenoxy) is 2. The molecule has 10 heteroatoms. The van der Waals surface area contributed by atoms with Gasteiger partial charge in [-0.3, -0.25) is 0 Å². The number of sulfonamides is 1. The number of carbonyl (C=O) groups is 2. The molecule has 206 valence electrons. The van der Waals surface area contributed by atoms with Gasteiger partial charge in [0.2, 0.25) is 10.0 Å². The van der Waals surface area contributed by atoms with E-state index in [9.17, 15) is 23.1 Å². The Morgan fingerprint density at radius 3 is 2.17 bits per heavy atom. The summed E-state index contributed by atoms with van der Waals surface area (Å²) in [4.78, 5) is 22.8. The van der Waals surface area contributed by atoms with E-state index in [1.807, 2.05) is 54.6 Å². The van der Waals surface area contributed by atoms with Gasteiger partial charge in [0.15, 0.2) is 6.61 Å². The molecule has 4 aromatic rings. The van der Waals surface area contributed by atoms with Gasteiger partial charge in [-0.2, -0.15) is 4.31 Å². The monoisotopic (exact) mass is 561 g/mol. The SMILES string of the molecule is COc1ccccc1S(=O)(=O)N(Cc1ccc(OCC(=O)O)c(C(=O)O)c1)Cc1ccccc1-c1ccccc1. The number of hydrogen-bond donors (Lipinski definition) is 2. The normalized spacial score (nSPS) is 11.2. The molecule has 0 saturated carbocycles. The van der Waals surface area contributed by atoms with Gasteiger partial charge in [-0.25, -0.2) is 18.0 Å². The Hall–Kier alpha value is -4.67. The minimum absolute atomic E-state index is 0.0227. The molecule has 0 atom stereocenters. The number of benzene rings is 4. The van der Waals surface area contributed by atoms with E-state index in [2.05, 4.69) is 0 Å². The zero-order chi connectivity index (χ0) is 28.7. The summed E-state index contributed by atoms with van der Waals surface area (Å²) in [6.07, 6.45) is 0. The molecule has 0 fully saturated rings. The maximum atomic E-state index is 14.1. The van der Waals surface area contributed by atoms with E-state index < -0.39 is 28.6 Å². The molecular weight excluding hydrogens is 534 g/mol. The number of para-hydroxylation sites is 1. The summed E-state index contributed by atoms with van der Waals surface area (Å²) in [7, 11) is -2.76. The van der Waals surface area contributed by atoms with Crippen molar-refractivity contribution in [3.63, 3.8) is 0 Å². The summed E-state index contributed by atoms with van der Waals surface area (Å²) in [5.41, 5.74) is 2.61. The Morgan fingerprint density at radius 1 is 0.800 bits per heavy atom. The summed E-state index contributed by atoms with van der Waals surface area (Å²) in [5.74, 6) is -2.55. The van der Waals surface area contributed by atoms with Crippen LogP contribution in [0.5, 0.6) is 11.5 Å². The third-order valence-corrected chi connectivity index (χ3v) is 7.95. The molecule has 4 rings (SSSR count). The van der Waals surface area contributed by atoms with Gasteiger partial charge < -0.3 is 19.7 Å². The Kier molecular flexibility index (Phi) is 8.83. The van der Waals surface area contributed by atoms with Gasteiger partial charge in [0.05, 0.1) is 7.11 Å². The molecule has 0 bridgehead atoms. The number of carboxylic acids is 2. The van der Waals surface area contributed by atoms with Crippen LogP contribution in [0.4, 0.5) is 0 Å². The standard InChI is InChI=1S/C30H27NO8S/c1-38-27-13-7-8-14-28(27)40(36,37)31(19-23-11-5-6-12-24(23)22-9-3-2-4-10-22)18-21-15-16-26(39-20-29(32)33)25(17-21)30(34)35/h2-17H,18-20H2,1H3,(H,32,33)(H,34,35). The zero-order valence-corrected chi connectivity index (χ0v) is 22.4. The highest BCUT2D eigenvalue weighted by Gasteiger charge is 2.29. The van der Waals surface area contributed by atoms with E-state index in [0.29, 0.717) is 5.56 Å². The molecule has 4 aromatic carbocycles. The number of methoxy groups -OCH3 is 1. The summed E-state index contributed by atoms with van der Waals surface area (Å²) < 4.78 is 39.9. The fraction of sp³-hybridized carbons (Fsp3) is 0.133. The molecule has 0 saturated heterocycles. The molecule has 0 heterocycles. The van der Waals surface area contributed by atoms with Crippen molar-refractivity contribution in [2.45, 2.75) is 18.0 Å². The Morgan fingerprint density at radius 2 is 1.48 bits per heavy atom. The lowest BCUT2D eigenvalue weighted by atomic mass is 9.99. The van der Waals surface area contributed by atoms with Crippen LogP contribution < -0.4 is 9.47 Å². The molecule has 0 amide bonds. The van der Waals surface area contributed by atoms with Crippen molar-refractivity contribution in [1.29, 1.82) is 0 Å². The fourth-order valence-electron chi connectivity index (χ4n) is 4.26. The number of aliphatic carboxylic acids is 1. The van der Waals surface area contributed by atoms with Crippen LogP contribution in [0.1, 0.15) is 21.5 Å². The second-order valence-corrected chi connectivity index (χ2v) is 10.7. The van der Waals surface area contributed by atoms with Gasteiger partial charge in [-0.05, 0) is 46.5 Å². The molecule has 0 radical (unpaired) electrons. The van der Waals surface area contributed by atoms with Crippen LogP contribution in [0.2, 0.25) is 0 Å². The average Bonchev–Trinajstić information content (AvgIpc) is 2.96. The molecular formula is C30H27NO8S. The van der Waals surface area contributed by atoms with E-state index in [1.165, 1.54) is 35.7 Å². The predicted molar refractivity (Wildman–Crippen MR) is 148 cm³/mol. The lowest BCUT2D eigenvalue weighted by molar-refractivity contribution is -0.139. The first-order chi connectivity index (χ1) is 19.2. The number of nitrogens with zero attached hydrogens (tertiary/aromatic N) is 1. The summed E-state index contributed by atoms with van der Waals surface area (Å²) in [6, 6.07) is 27.4. The lowest BCUT2D eigenvalue weighted by Gasteiger charge is -2.25. The van der Waals surface area contributed by atoms with Gasteiger partial charge in [0.25, 0.3) is 0 Å². The molecule has 40 heavy (non-hydrogen) atoms. The van der Waals surface area contributed by atoms with Crippen LogP contribution in [0.25, 0.3) is 11.1 Å². The summed E-state index contributed by atoms with van der Waals surface area (Å²) in [5, 5.41) is 18.6. The summed E-state index contributed by atoms with van der Waals surface area (Å²) >= 11 is 0. The van der Waals surface area contributed by atoms with Crippen LogP contribution in [0.3, 0.4) is 0 Å². The largest absolute Gasteiger partial charge is 0.495 e. The maximum absolute atomic E-state index is 14.1. The highest BCUT2D eigenvalue weighted by atomic mass is 32.2. The number of aromatic carboxylic acids is 1. The lowest BCUT2D eigenvalue weighted by Crippen LogP contribution is -2.31. The second-order valence-electron chi connectivity index (χ2n) is 8.77. The van der Waals surface area contributed by atoms with E-state index in [1.54, 1.807) is 18.2 Å². The van der Waals surface area contributed by atoms with Gasteiger partial charge in [0, 0.05) is 13.1 Å². The fourth-order valence-corrected chi connectivity index (χ4v) is 5.82. The van der Waals surface area contributed by atoms with Crippen molar-refractivity contribution >= 4 is 22.0 Å². The molecule has 0 aliphatic rings. The van der Waals surface area contributed by atoms with Crippen molar-refractivity contribution in [3.05, 3.63) is 114 Å². The number of hydrogen-bond acceptors (Lipinski definition) is 6. The minimum atomic E-state index is -4.15. The van der Waals surface area contributed by atoms with Gasteiger partial charge in [-0.15, -0.1) is 0 Å². The number of carboxylic acid groups (broad SMARTS) is 2. The van der Waals surface area contributed by atoms with Crippen LogP contribution in [0, 0.1) is 0 Å². The van der Waals surface area contributed by atoms with E-state index in [0.717, 1.165) is 16.7 Å². The van der Waals surface area contributed by atoms with E-state index in [4.69, 9.17) is 14.6 Å². The minimum Gasteiger partial charge on any atom is -0.495 e. The topological polar surface area (TPSA) is 130 Å². The van der Waals surface area contributed by atoms with Crippen LogP contribution in [-0.4, -0.2) is 48.6 Å². The molecule has 0 spiro atoms. The number of rotatable bonds is 12. The van der Waals surface area contributed by atoms with Crippen molar-refractivity contribution in [2.75, 3.05) is 13.7 Å². The molecule has 2 N–H and O–H groups in total. The maximum Gasteiger partial charge on any atom is 0.341 e.